The van der Waals surface area contributed by atoms with Gasteiger partial charge in [0.05, 0.1) is 6.04 Å². The first-order chi connectivity index (χ1) is 8.03. The number of thioether (sulfide) groups is 1. The molecule has 1 heterocycles. The van der Waals surface area contributed by atoms with Crippen molar-refractivity contribution in [1.82, 2.24) is 0 Å². The summed E-state index contributed by atoms with van der Waals surface area (Å²) >= 11 is 1.74. The van der Waals surface area contributed by atoms with Crippen molar-refractivity contribution in [3.05, 3.63) is 0 Å². The molecule has 1 rings (SSSR count). The summed E-state index contributed by atoms with van der Waals surface area (Å²) in [5, 5.41) is 0.980. The average Bonchev–Trinajstić information content (AvgIpc) is 2.67. The fourth-order valence-electron chi connectivity index (χ4n) is 1.44. The van der Waals surface area contributed by atoms with Crippen LogP contribution in [0.1, 0.15) is 27.7 Å². The van der Waals surface area contributed by atoms with Gasteiger partial charge in [-0.25, -0.2) is 0 Å². The van der Waals surface area contributed by atoms with Crippen molar-refractivity contribution in [2.75, 3.05) is 19.0 Å². The van der Waals surface area contributed by atoms with Crippen LogP contribution in [0.2, 0.25) is 0 Å². The van der Waals surface area contributed by atoms with Crippen molar-refractivity contribution in [2.45, 2.75) is 39.5 Å². The van der Waals surface area contributed by atoms with Gasteiger partial charge in [0.1, 0.15) is 5.04 Å². The normalized spacial score (nSPS) is 19.1. The summed E-state index contributed by atoms with van der Waals surface area (Å²) in [6.07, 6.45) is 0.250. The molecule has 0 N–H and O–H groups in total. The van der Waals surface area contributed by atoms with E-state index in [9.17, 15) is 0 Å². The van der Waals surface area contributed by atoms with Crippen molar-refractivity contribution in [3.8, 4) is 0 Å². The second-order valence-electron chi connectivity index (χ2n) is 3.49. The van der Waals surface area contributed by atoms with E-state index in [2.05, 4.69) is 11.9 Å². The Labute approximate surface area is 106 Å². The van der Waals surface area contributed by atoms with Gasteiger partial charge in [-0.2, -0.15) is 9.59 Å². The van der Waals surface area contributed by atoms with Crippen LogP contribution in [-0.4, -0.2) is 42.0 Å². The largest absolute Gasteiger partial charge is 0.373 e. The van der Waals surface area contributed by atoms with Crippen molar-refractivity contribution >= 4 is 23.0 Å². The van der Waals surface area contributed by atoms with Crippen molar-refractivity contribution in [3.63, 3.8) is 0 Å². The number of hydrogen-bond donors (Lipinski definition) is 0. The third kappa shape index (κ3) is 5.46. The summed E-state index contributed by atoms with van der Waals surface area (Å²) < 4.78 is 11.3. The second kappa shape index (κ2) is 8.42. The first-order valence-electron chi connectivity index (χ1n) is 5.52. The molecule has 0 aliphatic carbocycles. The molecule has 0 aromatic rings. The van der Waals surface area contributed by atoms with E-state index in [0.29, 0.717) is 19.3 Å². The molecule has 0 bridgehead atoms. The highest BCUT2D eigenvalue weighted by molar-refractivity contribution is 8.14. The highest BCUT2D eigenvalue weighted by Gasteiger charge is 2.35. The molecule has 0 unspecified atom stereocenters. The van der Waals surface area contributed by atoms with Crippen molar-refractivity contribution < 1.29 is 19.1 Å². The molecular weight excluding hydrogens is 242 g/mol. The number of rotatable bonds is 5. The van der Waals surface area contributed by atoms with Gasteiger partial charge in [-0.15, -0.1) is 11.8 Å². The SMILES string of the molecule is CCOC(C)(OCC)C1=N[C@H](C)CS1.O=C=O. The molecule has 6 heteroatoms. The van der Waals surface area contributed by atoms with Crippen LogP contribution in [0.3, 0.4) is 0 Å². The predicted octanol–water partition coefficient (Wildman–Crippen LogP) is 1.73. The maximum atomic E-state index is 8.12. The summed E-state index contributed by atoms with van der Waals surface area (Å²) in [7, 11) is 0. The maximum absolute atomic E-state index is 8.12. The van der Waals surface area contributed by atoms with Crippen LogP contribution in [0.4, 0.5) is 0 Å². The smallest absolute Gasteiger partial charge is 0.345 e. The van der Waals surface area contributed by atoms with Gasteiger partial charge in [0.25, 0.3) is 0 Å². The van der Waals surface area contributed by atoms with Crippen LogP contribution in [0.5, 0.6) is 0 Å². The highest BCUT2D eigenvalue weighted by Crippen LogP contribution is 2.29. The van der Waals surface area contributed by atoms with Crippen LogP contribution < -0.4 is 0 Å². The fourth-order valence-corrected chi connectivity index (χ4v) is 2.55. The van der Waals surface area contributed by atoms with Crippen LogP contribution in [0, 0.1) is 0 Å². The van der Waals surface area contributed by atoms with E-state index < -0.39 is 5.79 Å². The number of hydrogen-bond acceptors (Lipinski definition) is 6. The molecule has 1 aliphatic rings. The van der Waals surface area contributed by atoms with Gasteiger partial charge < -0.3 is 9.47 Å². The molecule has 17 heavy (non-hydrogen) atoms. The number of aliphatic imine (C=N–C) groups is 1. The molecule has 0 aromatic carbocycles. The van der Waals surface area contributed by atoms with Gasteiger partial charge in [-0.05, 0) is 27.7 Å². The van der Waals surface area contributed by atoms with E-state index in [-0.39, 0.29) is 6.15 Å². The van der Waals surface area contributed by atoms with E-state index in [1.54, 1.807) is 11.8 Å². The summed E-state index contributed by atoms with van der Waals surface area (Å²) in [5.74, 6) is 0.407. The van der Waals surface area contributed by atoms with Gasteiger partial charge in [-0.3, -0.25) is 4.99 Å². The van der Waals surface area contributed by atoms with E-state index in [0.717, 1.165) is 10.8 Å². The second-order valence-corrected chi connectivity index (χ2v) is 4.50. The molecular formula is C11H19NO4S. The van der Waals surface area contributed by atoms with Gasteiger partial charge in [0, 0.05) is 19.0 Å². The average molecular weight is 261 g/mol. The molecule has 98 valence electrons. The third-order valence-electron chi connectivity index (χ3n) is 2.03. The Morgan fingerprint density at radius 2 is 1.88 bits per heavy atom. The first-order valence-corrected chi connectivity index (χ1v) is 6.50. The van der Waals surface area contributed by atoms with Crippen molar-refractivity contribution in [1.29, 1.82) is 0 Å². The zero-order valence-electron chi connectivity index (χ0n) is 10.7. The number of ether oxygens (including phenoxy) is 2. The van der Waals surface area contributed by atoms with Gasteiger partial charge >= 0.3 is 6.15 Å². The molecule has 0 radical (unpaired) electrons. The molecule has 1 aliphatic heterocycles. The Balaban J connectivity index is 0.000000770. The topological polar surface area (TPSA) is 65.0 Å². The molecule has 0 amide bonds. The molecule has 0 fully saturated rings. The molecule has 0 saturated carbocycles. The lowest BCUT2D eigenvalue weighted by atomic mass is 10.3. The monoisotopic (exact) mass is 261 g/mol. The first kappa shape index (κ1) is 16.3. The van der Waals surface area contributed by atoms with Gasteiger partial charge in [-0.1, -0.05) is 0 Å². The molecule has 1 atom stereocenters. The predicted molar refractivity (Wildman–Crippen MR) is 66.0 cm³/mol. The fraction of sp³-hybridized carbons (Fsp3) is 0.818. The van der Waals surface area contributed by atoms with E-state index in [4.69, 9.17) is 19.1 Å². The van der Waals surface area contributed by atoms with Gasteiger partial charge in [0.15, 0.2) is 0 Å². The van der Waals surface area contributed by atoms with Crippen LogP contribution in [-0.2, 0) is 19.1 Å². The minimum atomic E-state index is -0.626. The Kier molecular flexibility index (Phi) is 8.08. The lowest BCUT2D eigenvalue weighted by Crippen LogP contribution is -2.39. The van der Waals surface area contributed by atoms with Gasteiger partial charge in [0.2, 0.25) is 5.79 Å². The minimum Gasteiger partial charge on any atom is -0.345 e. The minimum absolute atomic E-state index is 0.250. The molecule has 0 spiro atoms. The molecule has 5 nitrogen and oxygen atoms in total. The number of nitrogens with zero attached hydrogens (tertiary/aromatic N) is 1. The molecule has 0 saturated heterocycles. The summed E-state index contributed by atoms with van der Waals surface area (Å²) in [4.78, 5) is 20.8. The Morgan fingerprint density at radius 3 is 2.18 bits per heavy atom. The third-order valence-corrected chi connectivity index (χ3v) is 3.43. The Hall–Kier alpha value is -0.680. The quantitative estimate of drug-likeness (QED) is 0.705. The van der Waals surface area contributed by atoms with Crippen LogP contribution in [0.15, 0.2) is 4.99 Å². The van der Waals surface area contributed by atoms with Crippen LogP contribution >= 0.6 is 11.8 Å². The van der Waals surface area contributed by atoms with E-state index >= 15 is 0 Å². The Morgan fingerprint density at radius 1 is 1.41 bits per heavy atom. The van der Waals surface area contributed by atoms with E-state index in [1.807, 2.05) is 20.8 Å². The van der Waals surface area contributed by atoms with Crippen molar-refractivity contribution in [2.24, 2.45) is 4.99 Å². The lowest BCUT2D eigenvalue weighted by Gasteiger charge is -2.28. The zero-order valence-corrected chi connectivity index (χ0v) is 11.5. The maximum Gasteiger partial charge on any atom is 0.373 e. The van der Waals surface area contributed by atoms with Crippen LogP contribution in [0.25, 0.3) is 0 Å². The summed E-state index contributed by atoms with van der Waals surface area (Å²) in [6.45, 7) is 9.29. The Bertz CT molecular complexity index is 281. The summed E-state index contributed by atoms with van der Waals surface area (Å²) in [6, 6.07) is 0.384. The number of carbonyl (C=O) groups excluding carboxylic acids is 2. The van der Waals surface area contributed by atoms with E-state index in [1.165, 1.54) is 0 Å². The lowest BCUT2D eigenvalue weighted by molar-refractivity contribution is -0.191. The standard InChI is InChI=1S/C10H19NO2S.CO2/c1-5-12-10(4,13-6-2)9-11-8(3)7-14-9;2-1-3/h8H,5-7H2,1-4H3;/t8-;/m1./s1. The zero-order chi connectivity index (χ0) is 13.3. The molecule has 0 aromatic heterocycles. The summed E-state index contributed by atoms with van der Waals surface area (Å²) in [5.41, 5.74) is 0. The highest BCUT2D eigenvalue weighted by atomic mass is 32.2.